The monoisotopic (exact) mass is 740 g/mol. The lowest BCUT2D eigenvalue weighted by Gasteiger charge is -2.15. The van der Waals surface area contributed by atoms with E-state index in [2.05, 4.69) is 85.5 Å². The van der Waals surface area contributed by atoms with E-state index in [1.54, 1.807) is 6.08 Å². The first-order valence-corrected chi connectivity index (χ1v) is 19.7. The van der Waals surface area contributed by atoms with Crippen molar-refractivity contribution < 1.29 is 0 Å². The highest BCUT2D eigenvalue weighted by Crippen LogP contribution is 2.37. The number of aromatic nitrogens is 6. The molecule has 0 saturated carbocycles. The van der Waals surface area contributed by atoms with E-state index >= 15 is 0 Å². The van der Waals surface area contributed by atoms with Crippen LogP contribution in [0, 0.1) is 0 Å². The number of benzene rings is 4. The molecule has 0 atom stereocenters. The molecule has 4 aromatic carbocycles. The third-order valence-electron chi connectivity index (χ3n) is 10.00. The molecule has 8 rings (SSSR count). The fourth-order valence-electron chi connectivity index (χ4n) is 7.16. The second-order valence-electron chi connectivity index (χ2n) is 14.0. The summed E-state index contributed by atoms with van der Waals surface area (Å²) in [6, 6.07) is 37.5. The highest BCUT2D eigenvalue weighted by molar-refractivity contribution is 6.04. The second-order valence-corrected chi connectivity index (χ2v) is 14.0. The van der Waals surface area contributed by atoms with Gasteiger partial charge in [-0.1, -0.05) is 158 Å². The quantitative estimate of drug-likeness (QED) is 0.130. The summed E-state index contributed by atoms with van der Waals surface area (Å²) >= 11 is 0. The van der Waals surface area contributed by atoms with Gasteiger partial charge in [-0.25, -0.2) is 29.9 Å². The molecule has 0 radical (unpaired) electrons. The summed E-state index contributed by atoms with van der Waals surface area (Å²) in [5, 5.41) is 0. The van der Waals surface area contributed by atoms with E-state index in [1.165, 1.54) is 0 Å². The van der Waals surface area contributed by atoms with E-state index in [4.69, 9.17) is 29.9 Å². The summed E-state index contributed by atoms with van der Waals surface area (Å²) < 4.78 is 0. The number of hydrogen-bond donors (Lipinski definition) is 0. The van der Waals surface area contributed by atoms with Crippen molar-refractivity contribution in [1.82, 2.24) is 29.9 Å². The van der Waals surface area contributed by atoms with Crippen LogP contribution < -0.4 is 0 Å². The number of nitrogens with zero attached hydrogens (tertiary/aromatic N) is 6. The standard InChI is InChI=1S/C51H44N6/c1-3-20-36(21-4-2)46-52-47(37-22-10-5-6-11-23-37)55-50(54-46)43-31-19-29-41(35-43)40-28-18-30-42(34-40)44-32-16-9-17-33-45(44)51-56-48(38-24-12-7-13-25-38)53-49(57-51)39-26-14-8-15-27-39/h3-4,7-8,10,12-15,18-35H,1,5-6,9,11,16-17H2,2H3/b21-4-,36-20+. The SMILES string of the molecule is C=C/C=C(\C=C/C)c1nc(C2=CCCCC=C2)nc(-c2cccc(-c3cccc(C4=CCCCC=C4c4nc(-c5ccccc5)nc(-c5ccccc5)n4)c3)c2)n1. The van der Waals surface area contributed by atoms with Gasteiger partial charge >= 0.3 is 0 Å². The first kappa shape index (κ1) is 37.0. The minimum Gasteiger partial charge on any atom is -0.208 e. The van der Waals surface area contributed by atoms with Crippen molar-refractivity contribution in [2.24, 2.45) is 0 Å². The Hall–Kier alpha value is -6.92. The maximum atomic E-state index is 5.11. The Kier molecular flexibility index (Phi) is 11.5. The molecule has 0 spiro atoms. The van der Waals surface area contributed by atoms with Gasteiger partial charge in [-0.2, -0.15) is 0 Å². The van der Waals surface area contributed by atoms with Crippen LogP contribution in [0.4, 0.5) is 0 Å². The summed E-state index contributed by atoms with van der Waals surface area (Å²) in [7, 11) is 0. The van der Waals surface area contributed by atoms with E-state index < -0.39 is 0 Å². The molecule has 6 aromatic rings. The lowest BCUT2D eigenvalue weighted by atomic mass is 9.93. The number of rotatable bonds is 10. The van der Waals surface area contributed by atoms with Crippen molar-refractivity contribution in [3.8, 4) is 45.3 Å². The van der Waals surface area contributed by atoms with Gasteiger partial charge in [-0.05, 0) is 79.8 Å². The van der Waals surface area contributed by atoms with E-state index in [9.17, 15) is 0 Å². The fourth-order valence-corrected chi connectivity index (χ4v) is 7.16. The summed E-state index contributed by atoms with van der Waals surface area (Å²) in [5.74, 6) is 3.89. The third kappa shape index (κ3) is 8.66. The van der Waals surface area contributed by atoms with Crippen molar-refractivity contribution in [2.75, 3.05) is 0 Å². The lowest BCUT2D eigenvalue weighted by Crippen LogP contribution is -2.04. The van der Waals surface area contributed by atoms with Crippen LogP contribution in [0.15, 0.2) is 170 Å². The molecule has 0 N–H and O–H groups in total. The smallest absolute Gasteiger partial charge is 0.164 e. The molecule has 278 valence electrons. The van der Waals surface area contributed by atoms with Crippen LogP contribution in [0.2, 0.25) is 0 Å². The topological polar surface area (TPSA) is 77.3 Å². The lowest BCUT2D eigenvalue weighted by molar-refractivity contribution is 0.875. The molecule has 0 amide bonds. The highest BCUT2D eigenvalue weighted by Gasteiger charge is 2.20. The number of allylic oxidation sites excluding steroid dienone is 13. The normalized spacial score (nSPS) is 14.7. The highest BCUT2D eigenvalue weighted by atomic mass is 15.0. The first-order chi connectivity index (χ1) is 28.2. The summed E-state index contributed by atoms with van der Waals surface area (Å²) in [4.78, 5) is 30.2. The van der Waals surface area contributed by atoms with Crippen molar-refractivity contribution in [2.45, 2.75) is 45.4 Å². The van der Waals surface area contributed by atoms with Gasteiger partial charge in [0.05, 0.1) is 0 Å². The maximum Gasteiger partial charge on any atom is 0.164 e. The van der Waals surface area contributed by atoms with Crippen molar-refractivity contribution in [3.05, 3.63) is 193 Å². The molecular weight excluding hydrogens is 697 g/mol. The van der Waals surface area contributed by atoms with Crippen molar-refractivity contribution in [1.29, 1.82) is 0 Å². The number of hydrogen-bond acceptors (Lipinski definition) is 6. The Morgan fingerprint density at radius 2 is 1.04 bits per heavy atom. The molecule has 0 fully saturated rings. The Balaban J connectivity index is 1.19. The Labute approximate surface area is 335 Å². The molecule has 0 saturated heterocycles. The van der Waals surface area contributed by atoms with Crippen molar-refractivity contribution >= 4 is 22.3 Å². The zero-order chi connectivity index (χ0) is 38.8. The van der Waals surface area contributed by atoms with Crippen LogP contribution in [-0.2, 0) is 0 Å². The van der Waals surface area contributed by atoms with Gasteiger partial charge < -0.3 is 0 Å². The predicted molar refractivity (Wildman–Crippen MR) is 235 cm³/mol. The average Bonchev–Trinajstić information content (AvgIpc) is 3.71. The van der Waals surface area contributed by atoms with Gasteiger partial charge in [-0.15, -0.1) is 0 Å². The van der Waals surface area contributed by atoms with E-state index in [0.29, 0.717) is 34.9 Å². The predicted octanol–water partition coefficient (Wildman–Crippen LogP) is 12.6. The Bertz CT molecular complexity index is 2530. The third-order valence-corrected chi connectivity index (χ3v) is 10.00. The van der Waals surface area contributed by atoms with E-state index in [1.807, 2.05) is 85.8 Å². The molecule has 6 heteroatoms. The molecule has 6 nitrogen and oxygen atoms in total. The van der Waals surface area contributed by atoms with E-state index in [0.717, 1.165) is 94.2 Å². The first-order valence-electron chi connectivity index (χ1n) is 19.7. The van der Waals surface area contributed by atoms with Crippen LogP contribution in [0.3, 0.4) is 0 Å². The van der Waals surface area contributed by atoms with Gasteiger partial charge in [0.25, 0.3) is 0 Å². The van der Waals surface area contributed by atoms with Crippen LogP contribution in [0.25, 0.3) is 67.6 Å². The molecule has 2 aliphatic rings. The zero-order valence-electron chi connectivity index (χ0n) is 32.2. The van der Waals surface area contributed by atoms with Gasteiger partial charge in [0.15, 0.2) is 34.9 Å². The van der Waals surface area contributed by atoms with Gasteiger partial charge in [0.2, 0.25) is 0 Å². The fraction of sp³-hybridized carbons (Fsp3) is 0.137. The molecule has 2 aromatic heterocycles. The summed E-state index contributed by atoms with van der Waals surface area (Å²) in [6.45, 7) is 5.93. The second kappa shape index (κ2) is 17.7. The van der Waals surface area contributed by atoms with Crippen LogP contribution in [0.5, 0.6) is 0 Å². The minimum absolute atomic E-state index is 0.614. The van der Waals surface area contributed by atoms with Crippen LogP contribution in [0.1, 0.15) is 68.5 Å². The largest absolute Gasteiger partial charge is 0.208 e. The summed E-state index contributed by atoms with van der Waals surface area (Å²) in [6.07, 6.45) is 25.0. The minimum atomic E-state index is 0.614. The summed E-state index contributed by atoms with van der Waals surface area (Å²) in [5.41, 5.74) is 10.1. The average molecular weight is 741 g/mol. The molecular formula is C51H44N6. The van der Waals surface area contributed by atoms with Gasteiger partial charge in [0, 0.05) is 33.4 Å². The van der Waals surface area contributed by atoms with Crippen molar-refractivity contribution in [3.63, 3.8) is 0 Å². The van der Waals surface area contributed by atoms with Gasteiger partial charge in [-0.3, -0.25) is 0 Å². The Morgan fingerprint density at radius 3 is 1.72 bits per heavy atom. The maximum absolute atomic E-state index is 5.11. The van der Waals surface area contributed by atoms with Gasteiger partial charge in [0.1, 0.15) is 0 Å². The Morgan fingerprint density at radius 1 is 0.509 bits per heavy atom. The van der Waals surface area contributed by atoms with E-state index in [-0.39, 0.29) is 0 Å². The molecule has 0 bridgehead atoms. The molecule has 0 aliphatic heterocycles. The zero-order valence-corrected chi connectivity index (χ0v) is 32.2. The molecule has 57 heavy (non-hydrogen) atoms. The molecule has 2 heterocycles. The molecule has 0 unspecified atom stereocenters. The van der Waals surface area contributed by atoms with Crippen LogP contribution in [-0.4, -0.2) is 29.9 Å². The molecule has 2 aliphatic carbocycles. The van der Waals surface area contributed by atoms with Crippen LogP contribution >= 0.6 is 0 Å².